The Kier molecular flexibility index (Phi) is 5.77. The highest BCUT2D eigenvalue weighted by Gasteiger charge is 2.32. The molecule has 0 aromatic rings. The predicted octanol–water partition coefficient (Wildman–Crippen LogP) is 3.02. The van der Waals surface area contributed by atoms with E-state index in [-0.39, 0.29) is 5.54 Å². The van der Waals surface area contributed by atoms with Crippen LogP contribution in [0.1, 0.15) is 58.8 Å². The van der Waals surface area contributed by atoms with Gasteiger partial charge in [0.25, 0.3) is 0 Å². The first-order valence-electron chi connectivity index (χ1n) is 7.09. The van der Waals surface area contributed by atoms with Crippen LogP contribution in [0, 0.1) is 5.92 Å². The second kappa shape index (κ2) is 6.61. The van der Waals surface area contributed by atoms with Crippen LogP contribution in [-0.4, -0.2) is 30.6 Å². The van der Waals surface area contributed by atoms with Crippen LogP contribution in [0.3, 0.4) is 0 Å². The van der Waals surface area contributed by atoms with Crippen LogP contribution in [-0.2, 0) is 0 Å². The van der Waals surface area contributed by atoms with E-state index >= 15 is 0 Å². The number of unbranched alkanes of at least 4 members (excludes halogenated alkanes) is 1. The van der Waals surface area contributed by atoms with Crippen molar-refractivity contribution in [2.45, 2.75) is 64.3 Å². The van der Waals surface area contributed by atoms with Gasteiger partial charge in [0.15, 0.2) is 0 Å². The highest BCUT2D eigenvalue weighted by molar-refractivity contribution is 4.90. The van der Waals surface area contributed by atoms with Crippen LogP contribution >= 0.6 is 0 Å². The van der Waals surface area contributed by atoms with Gasteiger partial charge in [-0.3, -0.25) is 4.90 Å². The highest BCUT2D eigenvalue weighted by Crippen LogP contribution is 2.31. The molecule has 2 heteroatoms. The minimum Gasteiger partial charge on any atom is -0.329 e. The molecule has 0 radical (unpaired) electrons. The van der Waals surface area contributed by atoms with E-state index in [4.69, 9.17) is 5.73 Å². The molecule has 0 spiro atoms. The van der Waals surface area contributed by atoms with E-state index in [0.717, 1.165) is 12.5 Å². The molecule has 1 atom stereocenters. The molecule has 1 saturated carbocycles. The van der Waals surface area contributed by atoms with Gasteiger partial charge in [0, 0.05) is 18.6 Å². The van der Waals surface area contributed by atoms with Gasteiger partial charge in [0.2, 0.25) is 0 Å². The molecule has 2 nitrogen and oxygen atoms in total. The minimum absolute atomic E-state index is 0.269. The number of rotatable bonds is 8. The molecular weight excluding hydrogens is 196 g/mol. The molecular formula is C14H30N2. The molecule has 0 saturated heterocycles. The normalized spacial score (nSPS) is 20.8. The third kappa shape index (κ3) is 3.21. The van der Waals surface area contributed by atoms with E-state index in [9.17, 15) is 0 Å². The Bertz CT molecular complexity index is 183. The molecule has 1 aliphatic rings. The SMILES string of the molecule is CCCCC(CC)(CN)N(C)CC1CCC1. The first kappa shape index (κ1) is 14.0. The van der Waals surface area contributed by atoms with Crippen LogP contribution < -0.4 is 5.73 Å². The second-order valence-corrected chi connectivity index (χ2v) is 5.56. The molecule has 96 valence electrons. The number of nitrogens with two attached hydrogens (primary N) is 1. The van der Waals surface area contributed by atoms with Crippen LogP contribution in [0.4, 0.5) is 0 Å². The Hall–Kier alpha value is -0.0800. The van der Waals surface area contributed by atoms with Gasteiger partial charge < -0.3 is 5.73 Å². The van der Waals surface area contributed by atoms with E-state index in [1.165, 1.54) is 51.5 Å². The molecule has 0 aromatic heterocycles. The monoisotopic (exact) mass is 226 g/mol. The summed E-state index contributed by atoms with van der Waals surface area (Å²) in [5.41, 5.74) is 6.32. The molecule has 0 aliphatic heterocycles. The van der Waals surface area contributed by atoms with E-state index in [2.05, 4.69) is 25.8 Å². The Morgan fingerprint density at radius 2 is 2.00 bits per heavy atom. The molecule has 0 aromatic carbocycles. The van der Waals surface area contributed by atoms with Crippen molar-refractivity contribution in [2.75, 3.05) is 20.1 Å². The summed E-state index contributed by atoms with van der Waals surface area (Å²) in [5, 5.41) is 0. The Morgan fingerprint density at radius 1 is 1.31 bits per heavy atom. The number of likely N-dealkylation sites (N-methyl/N-ethyl adjacent to an activating group) is 1. The summed E-state index contributed by atoms with van der Waals surface area (Å²) < 4.78 is 0. The van der Waals surface area contributed by atoms with Crippen LogP contribution in [0.25, 0.3) is 0 Å². The zero-order chi connectivity index (χ0) is 12.0. The molecule has 1 rings (SSSR count). The largest absolute Gasteiger partial charge is 0.329 e. The van der Waals surface area contributed by atoms with Crippen LogP contribution in [0.5, 0.6) is 0 Å². The first-order valence-corrected chi connectivity index (χ1v) is 7.09. The van der Waals surface area contributed by atoms with Crippen LogP contribution in [0.2, 0.25) is 0 Å². The third-order valence-electron chi connectivity index (χ3n) is 4.60. The fourth-order valence-electron chi connectivity index (χ4n) is 2.80. The molecule has 1 fully saturated rings. The predicted molar refractivity (Wildman–Crippen MR) is 71.6 cm³/mol. The number of nitrogens with zero attached hydrogens (tertiary/aromatic N) is 1. The standard InChI is InChI=1S/C14H30N2/c1-4-6-10-14(5-2,12-15)16(3)11-13-8-7-9-13/h13H,4-12,15H2,1-3H3. The van der Waals surface area contributed by atoms with E-state index in [1.54, 1.807) is 0 Å². The fraction of sp³-hybridized carbons (Fsp3) is 1.00. The van der Waals surface area contributed by atoms with Crippen molar-refractivity contribution in [2.24, 2.45) is 11.7 Å². The maximum Gasteiger partial charge on any atom is 0.0326 e. The van der Waals surface area contributed by atoms with Crippen molar-refractivity contribution in [3.05, 3.63) is 0 Å². The third-order valence-corrected chi connectivity index (χ3v) is 4.60. The van der Waals surface area contributed by atoms with E-state index in [1.807, 2.05) is 0 Å². The Balaban J connectivity index is 2.50. The summed E-state index contributed by atoms with van der Waals surface area (Å²) in [4.78, 5) is 2.56. The molecule has 16 heavy (non-hydrogen) atoms. The average Bonchev–Trinajstić information content (AvgIpc) is 2.25. The summed E-state index contributed by atoms with van der Waals surface area (Å²) in [7, 11) is 2.28. The van der Waals surface area contributed by atoms with Gasteiger partial charge in [-0.2, -0.15) is 0 Å². The quantitative estimate of drug-likeness (QED) is 0.689. The summed E-state index contributed by atoms with van der Waals surface area (Å²) in [6.45, 7) is 6.63. The second-order valence-electron chi connectivity index (χ2n) is 5.56. The Morgan fingerprint density at radius 3 is 2.38 bits per heavy atom. The van der Waals surface area contributed by atoms with Crippen molar-refractivity contribution in [1.82, 2.24) is 4.90 Å². The zero-order valence-electron chi connectivity index (χ0n) is 11.5. The maximum absolute atomic E-state index is 6.05. The summed E-state index contributed by atoms with van der Waals surface area (Å²) >= 11 is 0. The molecule has 1 aliphatic carbocycles. The first-order chi connectivity index (χ1) is 7.68. The molecule has 0 bridgehead atoms. The Labute approximate surface area is 102 Å². The van der Waals surface area contributed by atoms with Crippen molar-refractivity contribution in [3.8, 4) is 0 Å². The van der Waals surface area contributed by atoms with E-state index in [0.29, 0.717) is 0 Å². The van der Waals surface area contributed by atoms with Crippen molar-refractivity contribution < 1.29 is 0 Å². The van der Waals surface area contributed by atoms with Crippen molar-refractivity contribution in [1.29, 1.82) is 0 Å². The topological polar surface area (TPSA) is 29.3 Å². The lowest BCUT2D eigenvalue weighted by Crippen LogP contribution is -2.53. The van der Waals surface area contributed by atoms with Gasteiger partial charge in [-0.1, -0.05) is 33.1 Å². The van der Waals surface area contributed by atoms with Gasteiger partial charge in [-0.05, 0) is 38.6 Å². The van der Waals surface area contributed by atoms with Gasteiger partial charge in [-0.15, -0.1) is 0 Å². The van der Waals surface area contributed by atoms with Gasteiger partial charge in [0.1, 0.15) is 0 Å². The average molecular weight is 226 g/mol. The number of hydrogen-bond acceptors (Lipinski definition) is 2. The maximum atomic E-state index is 6.05. The highest BCUT2D eigenvalue weighted by atomic mass is 15.2. The lowest BCUT2D eigenvalue weighted by molar-refractivity contribution is 0.0719. The van der Waals surface area contributed by atoms with Gasteiger partial charge >= 0.3 is 0 Å². The fourth-order valence-corrected chi connectivity index (χ4v) is 2.80. The summed E-state index contributed by atoms with van der Waals surface area (Å²) in [5.74, 6) is 0.948. The minimum atomic E-state index is 0.269. The molecule has 0 heterocycles. The van der Waals surface area contributed by atoms with Crippen molar-refractivity contribution in [3.63, 3.8) is 0 Å². The summed E-state index contributed by atoms with van der Waals surface area (Å²) in [6, 6.07) is 0. The summed E-state index contributed by atoms with van der Waals surface area (Å²) in [6.07, 6.45) is 9.34. The molecule has 1 unspecified atom stereocenters. The zero-order valence-corrected chi connectivity index (χ0v) is 11.5. The van der Waals surface area contributed by atoms with Crippen LogP contribution in [0.15, 0.2) is 0 Å². The smallest absolute Gasteiger partial charge is 0.0326 e. The van der Waals surface area contributed by atoms with Crippen molar-refractivity contribution >= 4 is 0 Å². The van der Waals surface area contributed by atoms with E-state index < -0.39 is 0 Å². The number of hydrogen-bond donors (Lipinski definition) is 1. The molecule has 0 amide bonds. The van der Waals surface area contributed by atoms with Gasteiger partial charge in [0.05, 0.1) is 0 Å². The molecule has 2 N–H and O–H groups in total. The lowest BCUT2D eigenvalue weighted by Gasteiger charge is -2.44. The van der Waals surface area contributed by atoms with Gasteiger partial charge in [-0.25, -0.2) is 0 Å². The lowest BCUT2D eigenvalue weighted by atomic mass is 9.82.